The van der Waals surface area contributed by atoms with Crippen LogP contribution in [0.1, 0.15) is 80.9 Å². The van der Waals surface area contributed by atoms with E-state index in [2.05, 4.69) is 12.1 Å². The smallest absolute Gasteiger partial charge is 0.182 e. The van der Waals surface area contributed by atoms with Crippen LogP contribution in [0.25, 0.3) is 0 Å². The van der Waals surface area contributed by atoms with E-state index in [0.29, 0.717) is 24.6 Å². The third-order valence-corrected chi connectivity index (χ3v) is 6.80. The van der Waals surface area contributed by atoms with Crippen molar-refractivity contribution in [1.29, 1.82) is 5.41 Å². The average molecular weight is 546 g/mol. The number of likely N-dealkylation sites (tertiary alicyclic amines) is 1. The fraction of sp³-hybridized carbons (Fsp3) is 0.517. The van der Waals surface area contributed by atoms with Crippen LogP contribution in [0.4, 0.5) is 0 Å². The minimum absolute atomic E-state index is 0. The van der Waals surface area contributed by atoms with Crippen molar-refractivity contribution in [1.82, 2.24) is 4.90 Å². The van der Waals surface area contributed by atoms with Gasteiger partial charge in [-0.1, -0.05) is 71.9 Å². The van der Waals surface area contributed by atoms with E-state index in [4.69, 9.17) is 10.1 Å². The molecule has 192 valence electrons. The number of benzene rings is 2. The molecule has 1 fully saturated rings. The molecule has 2 N–H and O–H groups in total. The molecule has 0 aliphatic carbocycles. The molecule has 0 bridgehead atoms. The number of phenols is 1. The number of ether oxygens (including phenoxy) is 1. The van der Waals surface area contributed by atoms with Crippen LogP contribution in [-0.2, 0) is 15.6 Å². The SMILES string of the molecule is Br.COCC[C@H]1CN(CC(=O)c2cc(C(C)(C)C)c(O)c(C(C)(C)C)c2)C(=N)[C@@H]1c1ccccc1. The monoisotopic (exact) mass is 544 g/mol. The summed E-state index contributed by atoms with van der Waals surface area (Å²) in [6.45, 7) is 13.7. The summed E-state index contributed by atoms with van der Waals surface area (Å²) in [7, 11) is 1.70. The third-order valence-electron chi connectivity index (χ3n) is 6.80. The van der Waals surface area contributed by atoms with Gasteiger partial charge in [-0.3, -0.25) is 10.2 Å². The quantitative estimate of drug-likeness (QED) is 0.391. The lowest BCUT2D eigenvalue weighted by Gasteiger charge is -2.28. The maximum absolute atomic E-state index is 13.5. The van der Waals surface area contributed by atoms with Gasteiger partial charge in [-0.15, -0.1) is 17.0 Å². The first kappa shape index (κ1) is 29.1. The molecule has 5 nitrogen and oxygen atoms in total. The molecular weight excluding hydrogens is 504 g/mol. The zero-order valence-corrected chi connectivity index (χ0v) is 23.9. The number of halogens is 1. The summed E-state index contributed by atoms with van der Waals surface area (Å²) in [6.07, 6.45) is 0.838. The molecule has 2 atom stereocenters. The zero-order chi connectivity index (χ0) is 25.3. The van der Waals surface area contributed by atoms with E-state index < -0.39 is 0 Å². The Balaban J connectivity index is 0.00000432. The van der Waals surface area contributed by atoms with Crippen molar-refractivity contribution in [3.63, 3.8) is 0 Å². The molecular formula is C29H41BrN2O3. The van der Waals surface area contributed by atoms with Gasteiger partial charge in [0.05, 0.1) is 6.54 Å². The number of ketones is 1. The second kappa shape index (κ2) is 11.3. The van der Waals surface area contributed by atoms with Crippen molar-refractivity contribution < 1.29 is 14.6 Å². The summed E-state index contributed by atoms with van der Waals surface area (Å²) in [6, 6.07) is 13.8. The number of hydrogen-bond acceptors (Lipinski definition) is 4. The van der Waals surface area contributed by atoms with Gasteiger partial charge in [-0.2, -0.15) is 0 Å². The number of aromatic hydroxyl groups is 1. The van der Waals surface area contributed by atoms with Crippen molar-refractivity contribution >= 4 is 28.6 Å². The van der Waals surface area contributed by atoms with Crippen LogP contribution >= 0.6 is 17.0 Å². The predicted molar refractivity (Wildman–Crippen MR) is 149 cm³/mol. The van der Waals surface area contributed by atoms with Crippen molar-refractivity contribution in [2.24, 2.45) is 5.92 Å². The molecule has 1 saturated heterocycles. The van der Waals surface area contributed by atoms with E-state index in [1.807, 2.05) is 76.8 Å². The molecule has 2 aromatic carbocycles. The third kappa shape index (κ3) is 6.53. The first-order valence-corrected chi connectivity index (χ1v) is 12.1. The summed E-state index contributed by atoms with van der Waals surface area (Å²) in [5.74, 6) is 0.915. The Morgan fingerprint density at radius 2 is 1.60 bits per heavy atom. The predicted octanol–water partition coefficient (Wildman–Crippen LogP) is 6.48. The number of Topliss-reactive ketones (excluding diaryl/α,β-unsaturated/α-hetero) is 1. The number of nitrogens with zero attached hydrogens (tertiary/aromatic N) is 1. The highest BCUT2D eigenvalue weighted by atomic mass is 79.9. The first-order valence-electron chi connectivity index (χ1n) is 12.1. The highest BCUT2D eigenvalue weighted by Gasteiger charge is 2.39. The number of phenolic OH excluding ortho intramolecular Hbond substituents is 1. The minimum Gasteiger partial charge on any atom is -0.507 e. The van der Waals surface area contributed by atoms with Crippen LogP contribution in [-0.4, -0.2) is 48.4 Å². The summed E-state index contributed by atoms with van der Waals surface area (Å²) in [5, 5.41) is 19.9. The zero-order valence-electron chi connectivity index (χ0n) is 22.1. The van der Waals surface area contributed by atoms with Gasteiger partial charge in [0.25, 0.3) is 0 Å². The molecule has 3 rings (SSSR count). The Bertz CT molecular complexity index is 1000. The van der Waals surface area contributed by atoms with Gasteiger partial charge in [-0.05, 0) is 40.9 Å². The topological polar surface area (TPSA) is 73.6 Å². The Morgan fingerprint density at radius 1 is 1.06 bits per heavy atom. The second-order valence-electron chi connectivity index (χ2n) is 11.5. The largest absolute Gasteiger partial charge is 0.507 e. The van der Waals surface area contributed by atoms with Crippen LogP contribution in [0.2, 0.25) is 0 Å². The van der Waals surface area contributed by atoms with E-state index in [1.54, 1.807) is 7.11 Å². The Hall–Kier alpha value is -2.18. The molecule has 1 aliphatic heterocycles. The van der Waals surface area contributed by atoms with Crippen molar-refractivity contribution in [2.45, 2.75) is 64.7 Å². The number of methoxy groups -OCH3 is 1. The van der Waals surface area contributed by atoms with E-state index >= 15 is 0 Å². The van der Waals surface area contributed by atoms with Crippen molar-refractivity contribution in [2.75, 3.05) is 26.8 Å². The Morgan fingerprint density at radius 3 is 2.09 bits per heavy atom. The first-order chi connectivity index (χ1) is 15.8. The maximum atomic E-state index is 13.5. The van der Waals surface area contributed by atoms with E-state index in [1.165, 1.54) is 0 Å². The molecule has 2 aromatic rings. The van der Waals surface area contributed by atoms with Crippen LogP contribution in [0.15, 0.2) is 42.5 Å². The fourth-order valence-corrected chi connectivity index (χ4v) is 4.88. The van der Waals surface area contributed by atoms with Crippen LogP contribution < -0.4 is 0 Å². The second-order valence-corrected chi connectivity index (χ2v) is 11.5. The lowest BCUT2D eigenvalue weighted by Crippen LogP contribution is -2.32. The molecule has 0 radical (unpaired) electrons. The summed E-state index contributed by atoms with van der Waals surface area (Å²) in [4.78, 5) is 15.5. The van der Waals surface area contributed by atoms with Gasteiger partial charge in [0.2, 0.25) is 0 Å². The number of nitrogens with one attached hydrogen (secondary N) is 1. The maximum Gasteiger partial charge on any atom is 0.182 e. The Kier molecular flexibility index (Phi) is 9.34. The lowest BCUT2D eigenvalue weighted by molar-refractivity contribution is 0.0961. The molecule has 0 spiro atoms. The molecule has 0 aromatic heterocycles. The molecule has 35 heavy (non-hydrogen) atoms. The number of rotatable bonds is 7. The van der Waals surface area contributed by atoms with Gasteiger partial charge in [0.15, 0.2) is 5.78 Å². The Labute approximate surface area is 221 Å². The fourth-order valence-electron chi connectivity index (χ4n) is 4.88. The van der Waals surface area contributed by atoms with E-state index in [0.717, 1.165) is 23.1 Å². The lowest BCUT2D eigenvalue weighted by atomic mass is 9.78. The summed E-state index contributed by atoms with van der Waals surface area (Å²) in [5.41, 5.74) is 2.66. The molecule has 6 heteroatoms. The highest BCUT2D eigenvalue weighted by Crippen LogP contribution is 2.40. The van der Waals surface area contributed by atoms with Crippen LogP contribution in [0.5, 0.6) is 5.75 Å². The molecule has 1 aliphatic rings. The van der Waals surface area contributed by atoms with Crippen molar-refractivity contribution in [3.8, 4) is 5.75 Å². The molecule has 0 unspecified atom stereocenters. The normalized spacial score (nSPS) is 18.5. The number of hydrogen-bond donors (Lipinski definition) is 2. The summed E-state index contributed by atoms with van der Waals surface area (Å²) >= 11 is 0. The molecule has 0 saturated carbocycles. The highest BCUT2D eigenvalue weighted by molar-refractivity contribution is 8.93. The number of carbonyl (C=O) groups excluding carboxylic acids is 1. The van der Waals surface area contributed by atoms with Crippen LogP contribution in [0.3, 0.4) is 0 Å². The average Bonchev–Trinajstić information content (AvgIpc) is 3.06. The van der Waals surface area contributed by atoms with Gasteiger partial charge in [0.1, 0.15) is 11.6 Å². The number of carbonyl (C=O) groups is 1. The molecule has 1 heterocycles. The minimum atomic E-state index is -0.301. The van der Waals surface area contributed by atoms with E-state index in [9.17, 15) is 9.90 Å². The van der Waals surface area contributed by atoms with Gasteiger partial charge in [-0.25, -0.2) is 0 Å². The van der Waals surface area contributed by atoms with Gasteiger partial charge in [0, 0.05) is 42.9 Å². The molecule has 0 amide bonds. The van der Waals surface area contributed by atoms with Crippen molar-refractivity contribution in [3.05, 3.63) is 64.7 Å². The standard InChI is InChI=1S/C29H40N2O3.BrH/c1-28(2,3)22-15-21(16-23(26(22)33)29(4,5)6)24(32)18-31-17-20(13-14-34-7)25(27(31)30)19-11-9-8-10-12-19;/h8-12,15-16,20,25,30,33H,13-14,17-18H2,1-7H3;1H/t20-,25+;/m0./s1. The van der Waals surface area contributed by atoms with Gasteiger partial charge < -0.3 is 14.7 Å². The van der Waals surface area contributed by atoms with Gasteiger partial charge >= 0.3 is 0 Å². The summed E-state index contributed by atoms with van der Waals surface area (Å²) < 4.78 is 5.33. The number of amidine groups is 1. The van der Waals surface area contributed by atoms with E-state index in [-0.39, 0.29) is 57.7 Å². The van der Waals surface area contributed by atoms with Crippen LogP contribution in [0, 0.1) is 11.3 Å².